The fourth-order valence-electron chi connectivity index (χ4n) is 4.88. The molecule has 4 aromatic rings. The van der Waals surface area contributed by atoms with Crippen LogP contribution in [-0.4, -0.2) is 48.1 Å². The Kier molecular flexibility index (Phi) is 8.68. The number of ether oxygens (including phenoxy) is 2. The Morgan fingerprint density at radius 2 is 1.82 bits per heavy atom. The van der Waals surface area contributed by atoms with Crippen LogP contribution < -0.4 is 10.1 Å². The van der Waals surface area contributed by atoms with E-state index in [-0.39, 0.29) is 31.0 Å². The summed E-state index contributed by atoms with van der Waals surface area (Å²) in [7, 11) is 0. The molecule has 7 heteroatoms. The van der Waals surface area contributed by atoms with Gasteiger partial charge in [0.1, 0.15) is 24.3 Å². The van der Waals surface area contributed by atoms with Gasteiger partial charge in [0.2, 0.25) is 5.91 Å². The average Bonchev–Trinajstić information content (AvgIpc) is 3.56. The number of nitrogens with one attached hydrogen (secondary N) is 2. The number of likely N-dealkylation sites (tertiary alicyclic amines) is 1. The zero-order chi connectivity index (χ0) is 26.2. The van der Waals surface area contributed by atoms with Gasteiger partial charge in [0.05, 0.1) is 6.61 Å². The first-order valence-electron chi connectivity index (χ1n) is 13.2. The van der Waals surface area contributed by atoms with Gasteiger partial charge in [0.15, 0.2) is 0 Å². The number of para-hydroxylation sites is 1. The number of halogens is 1. The second-order valence-electron chi connectivity index (χ2n) is 9.84. The predicted octanol–water partition coefficient (Wildman–Crippen LogP) is 5.23. The molecule has 1 unspecified atom stereocenters. The van der Waals surface area contributed by atoms with E-state index in [9.17, 15) is 9.18 Å². The smallest absolute Gasteiger partial charge is 0.246 e. The summed E-state index contributed by atoms with van der Waals surface area (Å²) in [5, 5.41) is 4.18. The van der Waals surface area contributed by atoms with Gasteiger partial charge in [-0.2, -0.15) is 0 Å². The summed E-state index contributed by atoms with van der Waals surface area (Å²) in [5.74, 6) is 0.470. The first-order valence-corrected chi connectivity index (χ1v) is 13.2. The molecule has 5 rings (SSSR count). The number of hydrogen-bond acceptors (Lipinski definition) is 4. The molecule has 1 amide bonds. The third-order valence-corrected chi connectivity index (χ3v) is 6.90. The fourth-order valence-corrected chi connectivity index (χ4v) is 4.88. The normalized spacial score (nSPS) is 15.7. The molecular weight excluding hydrogens is 481 g/mol. The summed E-state index contributed by atoms with van der Waals surface area (Å²) in [6, 6.07) is 22.8. The number of hydrogen-bond donors (Lipinski definition) is 2. The molecule has 2 N–H and O–H groups in total. The van der Waals surface area contributed by atoms with Crippen LogP contribution in [-0.2, 0) is 29.1 Å². The molecule has 1 aliphatic heterocycles. The lowest BCUT2D eigenvalue weighted by molar-refractivity contribution is -0.126. The second-order valence-corrected chi connectivity index (χ2v) is 9.84. The quantitative estimate of drug-likeness (QED) is 0.254. The zero-order valence-electron chi connectivity index (χ0n) is 21.5. The standard InChI is InChI=1S/C31H34FN3O3/c32-26-11-7-24(8-12-26)21-37-22-31(36)33-16-3-4-23-9-13-27(14-10-23)38-28-15-17-35(20-28)19-25-18-34-30-6-2-1-5-29(25)30/h1-2,5-14,18,28,34H,3-4,15-17,19-22H2,(H,33,36). The van der Waals surface area contributed by atoms with Crippen LogP contribution in [0.5, 0.6) is 5.75 Å². The molecule has 38 heavy (non-hydrogen) atoms. The van der Waals surface area contributed by atoms with Crippen LogP contribution in [0, 0.1) is 5.82 Å². The van der Waals surface area contributed by atoms with E-state index < -0.39 is 0 Å². The Morgan fingerprint density at radius 3 is 2.66 bits per heavy atom. The molecule has 1 aliphatic rings. The minimum Gasteiger partial charge on any atom is -0.489 e. The molecule has 0 saturated carbocycles. The number of carbonyl (C=O) groups excluding carboxylic acids is 1. The van der Waals surface area contributed by atoms with E-state index in [1.54, 1.807) is 12.1 Å². The van der Waals surface area contributed by atoms with Crippen LogP contribution in [0.15, 0.2) is 79.0 Å². The van der Waals surface area contributed by atoms with Crippen molar-refractivity contribution in [2.24, 2.45) is 0 Å². The molecule has 0 bridgehead atoms. The molecule has 1 aromatic heterocycles. The summed E-state index contributed by atoms with van der Waals surface area (Å²) in [6.45, 7) is 3.75. The number of fused-ring (bicyclic) bond motifs is 1. The number of nitrogens with zero attached hydrogens (tertiary/aromatic N) is 1. The first kappa shape index (κ1) is 25.9. The summed E-state index contributed by atoms with van der Waals surface area (Å²) in [4.78, 5) is 17.8. The van der Waals surface area contributed by atoms with Crippen LogP contribution >= 0.6 is 0 Å². The number of aromatic nitrogens is 1. The van der Waals surface area contributed by atoms with Crippen LogP contribution in [0.1, 0.15) is 29.5 Å². The maximum Gasteiger partial charge on any atom is 0.246 e. The number of H-pyrrole nitrogens is 1. The molecule has 0 aliphatic carbocycles. The van der Waals surface area contributed by atoms with E-state index in [1.165, 1.54) is 34.2 Å². The van der Waals surface area contributed by atoms with Gasteiger partial charge in [-0.3, -0.25) is 9.69 Å². The van der Waals surface area contributed by atoms with Crippen molar-refractivity contribution in [3.63, 3.8) is 0 Å². The van der Waals surface area contributed by atoms with E-state index >= 15 is 0 Å². The Labute approximate surface area is 222 Å². The molecule has 0 spiro atoms. The van der Waals surface area contributed by atoms with Gasteiger partial charge in [0, 0.05) is 43.3 Å². The summed E-state index contributed by atoms with van der Waals surface area (Å²) >= 11 is 0. The van der Waals surface area contributed by atoms with E-state index in [0.717, 1.165) is 50.2 Å². The van der Waals surface area contributed by atoms with E-state index in [1.807, 2.05) is 12.1 Å². The van der Waals surface area contributed by atoms with Gasteiger partial charge >= 0.3 is 0 Å². The number of aromatic amines is 1. The summed E-state index contributed by atoms with van der Waals surface area (Å²) in [5.41, 5.74) is 4.57. The summed E-state index contributed by atoms with van der Waals surface area (Å²) in [6.07, 6.45) is 5.06. The van der Waals surface area contributed by atoms with Crippen molar-refractivity contribution in [3.05, 3.63) is 102 Å². The van der Waals surface area contributed by atoms with Crippen LogP contribution in [0.2, 0.25) is 0 Å². The highest BCUT2D eigenvalue weighted by molar-refractivity contribution is 5.83. The first-order chi connectivity index (χ1) is 18.6. The number of benzene rings is 3. The molecule has 198 valence electrons. The van der Waals surface area contributed by atoms with Crippen LogP contribution in [0.3, 0.4) is 0 Å². The van der Waals surface area contributed by atoms with E-state index in [4.69, 9.17) is 9.47 Å². The third kappa shape index (κ3) is 7.21. The Balaban J connectivity index is 0.969. The minimum absolute atomic E-state index is 0.0101. The van der Waals surface area contributed by atoms with Gasteiger partial charge < -0.3 is 19.8 Å². The van der Waals surface area contributed by atoms with Gasteiger partial charge in [-0.15, -0.1) is 0 Å². The van der Waals surface area contributed by atoms with Crippen LogP contribution in [0.25, 0.3) is 10.9 Å². The highest BCUT2D eigenvalue weighted by Crippen LogP contribution is 2.24. The maximum atomic E-state index is 12.9. The average molecular weight is 516 g/mol. The third-order valence-electron chi connectivity index (χ3n) is 6.90. The lowest BCUT2D eigenvalue weighted by atomic mass is 10.1. The van der Waals surface area contributed by atoms with Crippen molar-refractivity contribution in [2.45, 2.75) is 38.5 Å². The molecular formula is C31H34FN3O3. The van der Waals surface area contributed by atoms with Crippen molar-refractivity contribution >= 4 is 16.8 Å². The number of aryl methyl sites for hydroxylation is 1. The van der Waals surface area contributed by atoms with Crippen molar-refractivity contribution in [2.75, 3.05) is 26.2 Å². The lowest BCUT2D eigenvalue weighted by Gasteiger charge is -2.17. The second kappa shape index (κ2) is 12.7. The topological polar surface area (TPSA) is 66.6 Å². The zero-order valence-corrected chi connectivity index (χ0v) is 21.5. The number of amides is 1. The lowest BCUT2D eigenvalue weighted by Crippen LogP contribution is -2.28. The fraction of sp³-hybridized carbons (Fsp3) is 0.323. The monoisotopic (exact) mass is 515 g/mol. The Hall–Kier alpha value is -3.68. The van der Waals surface area contributed by atoms with E-state index in [2.05, 4.69) is 57.8 Å². The molecule has 2 heterocycles. The Bertz CT molecular complexity index is 1320. The van der Waals surface area contributed by atoms with Crippen LogP contribution in [0.4, 0.5) is 4.39 Å². The van der Waals surface area contributed by atoms with Gasteiger partial charge in [-0.05, 0) is 66.3 Å². The minimum atomic E-state index is -0.285. The molecule has 0 radical (unpaired) electrons. The maximum absolute atomic E-state index is 12.9. The largest absolute Gasteiger partial charge is 0.489 e. The molecule has 1 saturated heterocycles. The van der Waals surface area contributed by atoms with Gasteiger partial charge in [-0.1, -0.05) is 42.5 Å². The molecule has 1 atom stereocenters. The molecule has 3 aromatic carbocycles. The van der Waals surface area contributed by atoms with Crippen molar-refractivity contribution in [1.82, 2.24) is 15.2 Å². The predicted molar refractivity (Wildman–Crippen MR) is 146 cm³/mol. The molecule has 6 nitrogen and oxygen atoms in total. The van der Waals surface area contributed by atoms with Gasteiger partial charge in [-0.25, -0.2) is 4.39 Å². The van der Waals surface area contributed by atoms with E-state index in [0.29, 0.717) is 6.54 Å². The van der Waals surface area contributed by atoms with Crippen molar-refractivity contribution in [1.29, 1.82) is 0 Å². The highest BCUT2D eigenvalue weighted by Gasteiger charge is 2.24. The van der Waals surface area contributed by atoms with Gasteiger partial charge in [0.25, 0.3) is 0 Å². The van der Waals surface area contributed by atoms with Crippen molar-refractivity contribution in [3.8, 4) is 5.75 Å². The SMILES string of the molecule is O=C(COCc1ccc(F)cc1)NCCCc1ccc(OC2CCN(Cc3c[nH]c4ccccc34)C2)cc1. The summed E-state index contributed by atoms with van der Waals surface area (Å²) < 4.78 is 24.6. The van der Waals surface area contributed by atoms with Crippen molar-refractivity contribution < 1.29 is 18.7 Å². The Morgan fingerprint density at radius 1 is 1.03 bits per heavy atom. The number of rotatable bonds is 12. The molecule has 1 fully saturated rings. The highest BCUT2D eigenvalue weighted by atomic mass is 19.1. The number of carbonyl (C=O) groups is 1.